The van der Waals surface area contributed by atoms with Gasteiger partial charge in [-0.1, -0.05) is 20.8 Å². The van der Waals surface area contributed by atoms with Crippen molar-refractivity contribution in [3.8, 4) is 0 Å². The summed E-state index contributed by atoms with van der Waals surface area (Å²) in [6, 6.07) is -0.549. The molecule has 2 rings (SSSR count). The fourth-order valence-corrected chi connectivity index (χ4v) is 3.69. The van der Waals surface area contributed by atoms with E-state index < -0.39 is 12.1 Å². The number of halogens is 1. The van der Waals surface area contributed by atoms with E-state index >= 15 is 0 Å². The minimum absolute atomic E-state index is 0.120. The molecule has 1 amide bonds. The first kappa shape index (κ1) is 17.0. The molecule has 2 aromatic heterocycles. The summed E-state index contributed by atoms with van der Waals surface area (Å²) in [6.45, 7) is 7.87. The van der Waals surface area contributed by atoms with Gasteiger partial charge in [-0.3, -0.25) is 9.20 Å². The minimum atomic E-state index is -1.13. The molecule has 2 aromatic rings. The second-order valence-corrected chi connectivity index (χ2v) is 8.01. The van der Waals surface area contributed by atoms with Crippen LogP contribution in [0.1, 0.15) is 44.6 Å². The van der Waals surface area contributed by atoms with E-state index in [-0.39, 0.29) is 11.0 Å². The zero-order valence-electron chi connectivity index (χ0n) is 12.8. The second-order valence-electron chi connectivity index (χ2n) is 6.38. The quantitative estimate of drug-likeness (QED) is 0.842. The Labute approximate surface area is 140 Å². The van der Waals surface area contributed by atoms with E-state index in [1.54, 1.807) is 0 Å². The van der Waals surface area contributed by atoms with Crippen molar-refractivity contribution in [2.24, 2.45) is 5.41 Å². The lowest BCUT2D eigenvalue weighted by Gasteiger charge is -2.26. The Morgan fingerprint density at radius 1 is 1.55 bits per heavy atom. The molecule has 0 bridgehead atoms. The zero-order chi connectivity index (χ0) is 16.7. The number of thiazole rings is 1. The Morgan fingerprint density at radius 2 is 2.18 bits per heavy atom. The van der Waals surface area contributed by atoms with E-state index in [9.17, 15) is 9.59 Å². The summed E-state index contributed by atoms with van der Waals surface area (Å²) < 4.78 is 1.82. The zero-order valence-corrected chi connectivity index (χ0v) is 15.2. The highest BCUT2D eigenvalue weighted by Gasteiger charge is 2.27. The molecule has 0 aromatic carbocycles. The van der Waals surface area contributed by atoms with Crippen molar-refractivity contribution in [1.29, 1.82) is 0 Å². The Kier molecular flexibility index (Phi) is 4.62. The second kappa shape index (κ2) is 6.00. The van der Waals surface area contributed by atoms with Crippen LogP contribution in [-0.2, 0) is 0 Å². The summed E-state index contributed by atoms with van der Waals surface area (Å²) in [6.07, 6.45) is -0.601. The molecule has 0 aliphatic rings. The summed E-state index contributed by atoms with van der Waals surface area (Å²) in [5.74, 6) is 0. The number of carbonyl (C=O) groups is 1. The summed E-state index contributed by atoms with van der Waals surface area (Å²) in [5.41, 5.74) is 0.905. The van der Waals surface area contributed by atoms with E-state index in [4.69, 9.17) is 5.11 Å². The van der Waals surface area contributed by atoms with Crippen molar-refractivity contribution >= 4 is 38.3 Å². The minimum Gasteiger partial charge on any atom is -0.465 e. The van der Waals surface area contributed by atoms with Gasteiger partial charge in [0.1, 0.15) is 4.47 Å². The number of carboxylic acid groups (broad SMARTS) is 1. The molecule has 1 atom stereocenters. The fourth-order valence-electron chi connectivity index (χ4n) is 2.29. The lowest BCUT2D eigenvalue weighted by molar-refractivity contribution is 0.184. The summed E-state index contributed by atoms with van der Waals surface area (Å²) >= 11 is 4.66. The fraction of sp³-hybridized carbons (Fsp3) is 0.500. The third-order valence-corrected chi connectivity index (χ3v) is 4.84. The van der Waals surface area contributed by atoms with Crippen LogP contribution in [0.4, 0.5) is 4.79 Å². The van der Waals surface area contributed by atoms with E-state index in [1.807, 2.05) is 33.1 Å². The molecule has 0 saturated heterocycles. The average molecular weight is 388 g/mol. The molecule has 0 spiro atoms. The third-order valence-electron chi connectivity index (χ3n) is 3.15. The maximum absolute atomic E-state index is 12.5. The van der Waals surface area contributed by atoms with Crippen molar-refractivity contribution in [2.45, 2.75) is 40.2 Å². The number of hydrogen-bond donors (Lipinski definition) is 2. The Morgan fingerprint density at radius 3 is 2.73 bits per heavy atom. The highest BCUT2D eigenvalue weighted by Crippen LogP contribution is 2.31. The van der Waals surface area contributed by atoms with Crippen molar-refractivity contribution < 1.29 is 9.90 Å². The van der Waals surface area contributed by atoms with Crippen LogP contribution in [0, 0.1) is 12.3 Å². The van der Waals surface area contributed by atoms with E-state index in [0.717, 1.165) is 5.69 Å². The van der Waals surface area contributed by atoms with Gasteiger partial charge in [0.25, 0.3) is 5.56 Å². The Hall–Kier alpha value is -1.41. The van der Waals surface area contributed by atoms with Gasteiger partial charge in [0.05, 0.1) is 11.7 Å². The lowest BCUT2D eigenvalue weighted by atomic mass is 9.87. The third kappa shape index (κ3) is 3.49. The monoisotopic (exact) mass is 387 g/mol. The first-order valence-electron chi connectivity index (χ1n) is 6.76. The molecular formula is C14H18BrN3O3S. The molecule has 120 valence electrons. The SMILES string of the molecule is Cc1csc2nc([C@H](CC(C)(C)C)NC(=O)O)c(Br)c(=O)n12. The number of aryl methyl sites for hydroxylation is 1. The van der Waals surface area contributed by atoms with Gasteiger partial charge in [-0.15, -0.1) is 11.3 Å². The molecule has 6 nitrogen and oxygen atoms in total. The number of hydrogen-bond acceptors (Lipinski definition) is 4. The van der Waals surface area contributed by atoms with Crippen LogP contribution in [0.5, 0.6) is 0 Å². The predicted octanol–water partition coefficient (Wildman–Crippen LogP) is 3.57. The highest BCUT2D eigenvalue weighted by molar-refractivity contribution is 9.10. The van der Waals surface area contributed by atoms with Gasteiger partial charge in [0.15, 0.2) is 4.96 Å². The number of fused-ring (bicyclic) bond motifs is 1. The largest absolute Gasteiger partial charge is 0.465 e. The van der Waals surface area contributed by atoms with Crippen molar-refractivity contribution in [3.05, 3.63) is 31.6 Å². The van der Waals surface area contributed by atoms with Crippen LogP contribution in [-0.4, -0.2) is 20.6 Å². The maximum atomic E-state index is 12.5. The number of amides is 1. The molecule has 22 heavy (non-hydrogen) atoms. The molecular weight excluding hydrogens is 370 g/mol. The van der Waals surface area contributed by atoms with E-state index in [2.05, 4.69) is 26.2 Å². The molecule has 8 heteroatoms. The van der Waals surface area contributed by atoms with Crippen LogP contribution < -0.4 is 10.9 Å². The molecule has 2 heterocycles. The van der Waals surface area contributed by atoms with Crippen molar-refractivity contribution in [2.75, 3.05) is 0 Å². The molecule has 0 fully saturated rings. The van der Waals surface area contributed by atoms with Gasteiger partial charge in [-0.2, -0.15) is 0 Å². The smallest absolute Gasteiger partial charge is 0.405 e. The molecule has 0 radical (unpaired) electrons. The first-order chi connectivity index (χ1) is 10.1. The normalized spacial score (nSPS) is 13.3. The Bertz CT molecular complexity index is 776. The van der Waals surface area contributed by atoms with Crippen molar-refractivity contribution in [1.82, 2.24) is 14.7 Å². The maximum Gasteiger partial charge on any atom is 0.405 e. The average Bonchev–Trinajstić information content (AvgIpc) is 2.72. The predicted molar refractivity (Wildman–Crippen MR) is 89.7 cm³/mol. The van der Waals surface area contributed by atoms with E-state index in [0.29, 0.717) is 21.5 Å². The van der Waals surface area contributed by atoms with E-state index in [1.165, 1.54) is 15.7 Å². The van der Waals surface area contributed by atoms with Crippen LogP contribution in [0.2, 0.25) is 0 Å². The molecule has 0 aliphatic carbocycles. The highest BCUT2D eigenvalue weighted by atomic mass is 79.9. The van der Waals surface area contributed by atoms with Crippen LogP contribution in [0.25, 0.3) is 4.96 Å². The number of nitrogens with one attached hydrogen (secondary N) is 1. The summed E-state index contributed by atoms with van der Waals surface area (Å²) in [4.78, 5) is 28.7. The van der Waals surface area contributed by atoms with Gasteiger partial charge in [0, 0.05) is 11.1 Å². The van der Waals surface area contributed by atoms with Crippen LogP contribution in [0.15, 0.2) is 14.6 Å². The van der Waals surface area contributed by atoms with Crippen molar-refractivity contribution in [3.63, 3.8) is 0 Å². The number of nitrogens with zero attached hydrogens (tertiary/aromatic N) is 2. The number of aromatic nitrogens is 2. The molecule has 0 aliphatic heterocycles. The van der Waals surface area contributed by atoms with Gasteiger partial charge in [0.2, 0.25) is 0 Å². The standard InChI is InChI=1S/C14H18BrN3O3S/c1-7-6-22-12-17-10(9(15)11(19)18(7)12)8(16-13(20)21)5-14(2,3)4/h6,8,16H,5H2,1-4H3,(H,20,21)/t8-/m0/s1. The topological polar surface area (TPSA) is 83.7 Å². The van der Waals surface area contributed by atoms with Gasteiger partial charge < -0.3 is 10.4 Å². The molecule has 2 N–H and O–H groups in total. The van der Waals surface area contributed by atoms with Gasteiger partial charge >= 0.3 is 6.09 Å². The lowest BCUT2D eigenvalue weighted by Crippen LogP contribution is -2.32. The summed E-state index contributed by atoms with van der Waals surface area (Å²) in [5, 5.41) is 13.4. The van der Waals surface area contributed by atoms with Crippen LogP contribution in [0.3, 0.4) is 0 Å². The van der Waals surface area contributed by atoms with Crippen LogP contribution >= 0.6 is 27.3 Å². The van der Waals surface area contributed by atoms with Gasteiger partial charge in [-0.25, -0.2) is 9.78 Å². The molecule has 0 saturated carbocycles. The first-order valence-corrected chi connectivity index (χ1v) is 8.43. The van der Waals surface area contributed by atoms with Gasteiger partial charge in [-0.05, 0) is 34.7 Å². The summed E-state index contributed by atoms with van der Waals surface area (Å²) in [7, 11) is 0. The molecule has 0 unspecified atom stereocenters. The Balaban J connectivity index is 2.60. The number of rotatable bonds is 3.